The summed E-state index contributed by atoms with van der Waals surface area (Å²) >= 11 is 0. The van der Waals surface area contributed by atoms with Gasteiger partial charge in [0, 0.05) is 12.6 Å². The van der Waals surface area contributed by atoms with E-state index in [1.165, 1.54) is 24.0 Å². The van der Waals surface area contributed by atoms with Crippen molar-refractivity contribution in [3.05, 3.63) is 35.4 Å². The average molecular weight is 233 g/mol. The average Bonchev–Trinajstić information content (AvgIpc) is 2.34. The largest absolute Gasteiger partial charge is 0.377 e. The summed E-state index contributed by atoms with van der Waals surface area (Å²) in [4.78, 5) is 0. The highest BCUT2D eigenvalue weighted by Gasteiger charge is 2.17. The van der Waals surface area contributed by atoms with Crippen LogP contribution in [0.25, 0.3) is 0 Å². The zero-order chi connectivity index (χ0) is 12.1. The first-order chi connectivity index (χ1) is 8.25. The van der Waals surface area contributed by atoms with Gasteiger partial charge in [-0.15, -0.1) is 0 Å². The van der Waals surface area contributed by atoms with Gasteiger partial charge in [-0.1, -0.05) is 24.3 Å². The molecule has 2 nitrogen and oxygen atoms in total. The van der Waals surface area contributed by atoms with E-state index in [1.54, 1.807) is 0 Å². The number of benzene rings is 1. The second kappa shape index (κ2) is 6.18. The van der Waals surface area contributed by atoms with Crippen LogP contribution in [0.5, 0.6) is 0 Å². The molecule has 1 aromatic carbocycles. The molecular weight excluding hydrogens is 210 g/mol. The summed E-state index contributed by atoms with van der Waals surface area (Å²) in [5.41, 5.74) is 3.05. The van der Waals surface area contributed by atoms with Crippen molar-refractivity contribution in [2.75, 3.05) is 13.2 Å². The molecule has 94 valence electrons. The first kappa shape index (κ1) is 12.6. The van der Waals surface area contributed by atoms with Crippen LogP contribution in [0.2, 0.25) is 0 Å². The van der Waals surface area contributed by atoms with Crippen LogP contribution in [0.4, 0.5) is 0 Å². The molecule has 0 saturated heterocycles. The van der Waals surface area contributed by atoms with Gasteiger partial charge in [0.05, 0.1) is 12.7 Å². The van der Waals surface area contributed by atoms with Crippen LogP contribution in [0.15, 0.2) is 24.3 Å². The van der Waals surface area contributed by atoms with Crippen molar-refractivity contribution >= 4 is 0 Å². The molecule has 1 atom stereocenters. The van der Waals surface area contributed by atoms with Crippen molar-refractivity contribution in [2.24, 2.45) is 0 Å². The summed E-state index contributed by atoms with van der Waals surface area (Å²) in [6.45, 7) is 5.94. The Morgan fingerprint density at radius 3 is 2.82 bits per heavy atom. The normalized spacial score (nSPS) is 19.4. The molecule has 0 heterocycles. The molecule has 2 heteroatoms. The fourth-order valence-corrected chi connectivity index (χ4v) is 2.43. The maximum Gasteiger partial charge on any atom is 0.0594 e. The molecule has 0 spiro atoms. The Hall–Kier alpha value is -0.860. The van der Waals surface area contributed by atoms with Crippen LogP contribution >= 0.6 is 0 Å². The van der Waals surface area contributed by atoms with E-state index in [1.807, 2.05) is 0 Å². The van der Waals surface area contributed by atoms with Crippen LogP contribution in [0, 0.1) is 0 Å². The number of nitrogens with one attached hydrogen (secondary N) is 1. The highest BCUT2D eigenvalue weighted by molar-refractivity contribution is 5.30. The van der Waals surface area contributed by atoms with E-state index in [0.29, 0.717) is 12.1 Å². The Bertz CT molecular complexity index is 349. The van der Waals surface area contributed by atoms with E-state index >= 15 is 0 Å². The summed E-state index contributed by atoms with van der Waals surface area (Å²) in [6.07, 6.45) is 3.96. The summed E-state index contributed by atoms with van der Waals surface area (Å²) in [7, 11) is 0. The number of ether oxygens (including phenoxy) is 1. The minimum Gasteiger partial charge on any atom is -0.377 e. The van der Waals surface area contributed by atoms with Crippen LogP contribution in [0.3, 0.4) is 0 Å². The summed E-state index contributed by atoms with van der Waals surface area (Å²) < 4.78 is 5.54. The SMILES string of the molecule is CC(C)OCCNC1CCc2ccccc2C1. The molecule has 0 bridgehead atoms. The number of fused-ring (bicyclic) bond motifs is 1. The van der Waals surface area contributed by atoms with Crippen molar-refractivity contribution in [1.29, 1.82) is 0 Å². The van der Waals surface area contributed by atoms with Crippen molar-refractivity contribution < 1.29 is 4.74 Å². The van der Waals surface area contributed by atoms with E-state index in [0.717, 1.165) is 19.6 Å². The molecule has 1 aliphatic carbocycles. The van der Waals surface area contributed by atoms with Gasteiger partial charge in [0.1, 0.15) is 0 Å². The van der Waals surface area contributed by atoms with Gasteiger partial charge in [-0.25, -0.2) is 0 Å². The van der Waals surface area contributed by atoms with E-state index in [4.69, 9.17) is 4.74 Å². The lowest BCUT2D eigenvalue weighted by atomic mass is 9.88. The Balaban J connectivity index is 1.75. The van der Waals surface area contributed by atoms with Crippen molar-refractivity contribution in [1.82, 2.24) is 5.32 Å². The van der Waals surface area contributed by atoms with E-state index < -0.39 is 0 Å². The molecule has 0 saturated carbocycles. The molecule has 1 aromatic rings. The van der Waals surface area contributed by atoms with Gasteiger partial charge in [0.2, 0.25) is 0 Å². The number of rotatable bonds is 5. The smallest absolute Gasteiger partial charge is 0.0594 e. The third-order valence-electron chi connectivity index (χ3n) is 3.33. The predicted octanol–water partition coefficient (Wildman–Crippen LogP) is 2.56. The fourth-order valence-electron chi connectivity index (χ4n) is 2.43. The highest BCUT2D eigenvalue weighted by Crippen LogP contribution is 2.20. The molecule has 2 rings (SSSR count). The lowest BCUT2D eigenvalue weighted by molar-refractivity contribution is 0.0790. The van der Waals surface area contributed by atoms with Gasteiger partial charge >= 0.3 is 0 Å². The van der Waals surface area contributed by atoms with Gasteiger partial charge in [-0.2, -0.15) is 0 Å². The maximum absolute atomic E-state index is 5.54. The van der Waals surface area contributed by atoms with Crippen LogP contribution in [-0.2, 0) is 17.6 Å². The van der Waals surface area contributed by atoms with Crippen LogP contribution < -0.4 is 5.32 Å². The van der Waals surface area contributed by atoms with E-state index in [-0.39, 0.29) is 0 Å². The third-order valence-corrected chi connectivity index (χ3v) is 3.33. The van der Waals surface area contributed by atoms with Crippen molar-refractivity contribution in [2.45, 2.75) is 45.3 Å². The fraction of sp³-hybridized carbons (Fsp3) is 0.600. The Morgan fingerprint density at radius 1 is 1.29 bits per heavy atom. The monoisotopic (exact) mass is 233 g/mol. The number of aryl methyl sites for hydroxylation is 1. The zero-order valence-corrected chi connectivity index (χ0v) is 10.9. The third kappa shape index (κ3) is 3.83. The predicted molar refractivity (Wildman–Crippen MR) is 71.3 cm³/mol. The van der Waals surface area contributed by atoms with Gasteiger partial charge < -0.3 is 10.1 Å². The standard InChI is InChI=1S/C15H23NO/c1-12(2)17-10-9-16-15-8-7-13-5-3-4-6-14(13)11-15/h3-6,12,15-16H,7-11H2,1-2H3. The minimum atomic E-state index is 0.337. The van der Waals surface area contributed by atoms with Gasteiger partial charge in [-0.05, 0) is 44.2 Å². The van der Waals surface area contributed by atoms with Crippen molar-refractivity contribution in [3.63, 3.8) is 0 Å². The molecule has 0 aromatic heterocycles. The first-order valence-electron chi connectivity index (χ1n) is 6.67. The number of hydrogen-bond donors (Lipinski definition) is 1. The lowest BCUT2D eigenvalue weighted by Gasteiger charge is -2.25. The molecule has 0 aliphatic heterocycles. The molecule has 17 heavy (non-hydrogen) atoms. The van der Waals surface area contributed by atoms with Gasteiger partial charge in [0.15, 0.2) is 0 Å². The highest BCUT2D eigenvalue weighted by atomic mass is 16.5. The number of hydrogen-bond acceptors (Lipinski definition) is 2. The van der Waals surface area contributed by atoms with Crippen LogP contribution in [0.1, 0.15) is 31.4 Å². The molecule has 1 unspecified atom stereocenters. The van der Waals surface area contributed by atoms with Gasteiger partial charge in [-0.3, -0.25) is 0 Å². The Labute approximate surface area is 104 Å². The van der Waals surface area contributed by atoms with Crippen LogP contribution in [-0.4, -0.2) is 25.3 Å². The summed E-state index contributed by atoms with van der Waals surface area (Å²) in [5.74, 6) is 0. The molecule has 1 aliphatic rings. The van der Waals surface area contributed by atoms with Gasteiger partial charge in [0.25, 0.3) is 0 Å². The van der Waals surface area contributed by atoms with Crippen molar-refractivity contribution in [3.8, 4) is 0 Å². The van der Waals surface area contributed by atoms with E-state index in [2.05, 4.69) is 43.4 Å². The molecule has 1 N–H and O–H groups in total. The summed E-state index contributed by atoms with van der Waals surface area (Å²) in [6, 6.07) is 9.42. The molecular formula is C15H23NO. The molecule has 0 amide bonds. The molecule has 0 radical (unpaired) electrons. The zero-order valence-electron chi connectivity index (χ0n) is 10.9. The Morgan fingerprint density at radius 2 is 2.06 bits per heavy atom. The topological polar surface area (TPSA) is 21.3 Å². The second-order valence-corrected chi connectivity index (χ2v) is 5.08. The lowest BCUT2D eigenvalue weighted by Crippen LogP contribution is -2.36. The minimum absolute atomic E-state index is 0.337. The van der Waals surface area contributed by atoms with E-state index in [9.17, 15) is 0 Å². The second-order valence-electron chi connectivity index (χ2n) is 5.08. The maximum atomic E-state index is 5.54. The first-order valence-corrected chi connectivity index (χ1v) is 6.67. The summed E-state index contributed by atoms with van der Waals surface area (Å²) in [5, 5.41) is 3.59. The molecule has 0 fully saturated rings. The Kier molecular flexibility index (Phi) is 4.57. The quantitative estimate of drug-likeness (QED) is 0.789.